The summed E-state index contributed by atoms with van der Waals surface area (Å²) in [4.78, 5) is 16.6. The summed E-state index contributed by atoms with van der Waals surface area (Å²) in [6, 6.07) is 21.6. The van der Waals surface area contributed by atoms with Gasteiger partial charge in [-0.05, 0) is 87.0 Å². The Kier molecular flexibility index (Phi) is 4.63. The van der Waals surface area contributed by atoms with Crippen molar-refractivity contribution in [2.45, 2.75) is 38.6 Å². The van der Waals surface area contributed by atoms with Crippen LogP contribution >= 0.6 is 23.2 Å². The molecule has 34 heavy (non-hydrogen) atoms. The lowest BCUT2D eigenvalue weighted by Gasteiger charge is -2.36. The molecule has 8 heteroatoms. The van der Waals surface area contributed by atoms with Gasteiger partial charge >= 0.3 is 0 Å². The fourth-order valence-electron chi connectivity index (χ4n) is 5.03. The minimum atomic E-state index is -0.800. The van der Waals surface area contributed by atoms with E-state index in [0.717, 1.165) is 39.7 Å². The first kappa shape index (κ1) is 21.3. The predicted molar refractivity (Wildman–Crippen MR) is 136 cm³/mol. The molecule has 0 bridgehead atoms. The van der Waals surface area contributed by atoms with Gasteiger partial charge in [-0.3, -0.25) is 9.80 Å². The molecule has 3 aromatic rings. The van der Waals surface area contributed by atoms with Crippen molar-refractivity contribution in [3.05, 3.63) is 93.5 Å². The number of amidine groups is 2. The number of nitrogens with zero attached hydrogens (tertiary/aromatic N) is 4. The molecule has 0 saturated heterocycles. The van der Waals surface area contributed by atoms with Gasteiger partial charge in [0.1, 0.15) is 0 Å². The van der Waals surface area contributed by atoms with Crippen LogP contribution in [0.3, 0.4) is 0 Å². The minimum Gasteiger partial charge on any atom is -0.365 e. The third-order valence-corrected chi connectivity index (χ3v) is 7.00. The second kappa shape index (κ2) is 7.39. The highest BCUT2D eigenvalue weighted by Crippen LogP contribution is 2.51. The van der Waals surface area contributed by atoms with E-state index in [2.05, 4.69) is 45.2 Å². The van der Waals surface area contributed by atoms with Gasteiger partial charge in [0, 0.05) is 21.2 Å². The molecule has 0 fully saturated rings. The fraction of sp³-hybridized carbons (Fsp3) is 0.231. The van der Waals surface area contributed by atoms with Gasteiger partial charge in [0.25, 0.3) is 0 Å². The lowest BCUT2D eigenvalue weighted by atomic mass is 9.99. The van der Waals surface area contributed by atoms with Gasteiger partial charge in [0.2, 0.25) is 11.4 Å². The Labute approximate surface area is 207 Å². The zero-order chi connectivity index (χ0) is 23.7. The Morgan fingerprint density at radius 2 is 1.18 bits per heavy atom. The van der Waals surface area contributed by atoms with Crippen LogP contribution in [0.1, 0.15) is 37.0 Å². The van der Waals surface area contributed by atoms with E-state index >= 15 is 0 Å². The maximum Gasteiger partial charge on any atom is 0.218 e. The highest BCUT2D eigenvalue weighted by atomic mass is 35.5. The normalized spacial score (nSPS) is 24.9. The Balaban J connectivity index is 1.54. The number of aryl methyl sites for hydroxylation is 1. The molecule has 0 aromatic heterocycles. The lowest BCUT2D eigenvalue weighted by molar-refractivity contribution is -0.0863. The molecule has 3 aromatic carbocycles. The van der Waals surface area contributed by atoms with E-state index in [1.807, 2.05) is 62.4 Å². The standard InChI is InChI=1S/C26H22Cl2N4O2/c1-16-4-13-21-22(14-16)32-24(18-7-11-20(28)12-8-18)30-34-26(32,3)15-25(2)31(21)23(29-33-25)17-5-9-19(27)10-6-17/h4-14H,15H2,1-3H3/t25-,26-/m1/s1. The van der Waals surface area contributed by atoms with Crippen molar-refractivity contribution >= 4 is 46.2 Å². The summed E-state index contributed by atoms with van der Waals surface area (Å²) in [6.07, 6.45) is 0.481. The van der Waals surface area contributed by atoms with Crippen LogP contribution in [0.5, 0.6) is 0 Å². The van der Waals surface area contributed by atoms with Gasteiger partial charge < -0.3 is 9.68 Å². The highest BCUT2D eigenvalue weighted by Gasteiger charge is 2.58. The number of rotatable bonds is 2. The Bertz CT molecular complexity index is 1360. The molecule has 0 N–H and O–H groups in total. The number of anilines is 2. The average Bonchev–Trinajstić information content (AvgIpc) is 3.29. The SMILES string of the molecule is Cc1ccc2c(c1)N1C(c3ccc(Cl)cc3)=NO[C@]1(C)C[C@@]1(C)ON=C(c3ccc(Cl)cc3)N21. The number of benzene rings is 3. The van der Waals surface area contributed by atoms with Crippen molar-refractivity contribution in [1.29, 1.82) is 0 Å². The van der Waals surface area contributed by atoms with Crippen LogP contribution in [0.2, 0.25) is 10.0 Å². The molecule has 2 atom stereocenters. The summed E-state index contributed by atoms with van der Waals surface area (Å²) >= 11 is 12.3. The number of hydrogen-bond donors (Lipinski definition) is 0. The molecule has 0 saturated carbocycles. The topological polar surface area (TPSA) is 49.7 Å². The molecule has 0 unspecified atom stereocenters. The average molecular weight is 493 g/mol. The van der Waals surface area contributed by atoms with Crippen molar-refractivity contribution in [1.82, 2.24) is 0 Å². The lowest BCUT2D eigenvalue weighted by Crippen LogP contribution is -2.53. The summed E-state index contributed by atoms with van der Waals surface area (Å²) in [6.45, 7) is 6.14. The zero-order valence-corrected chi connectivity index (χ0v) is 20.4. The summed E-state index contributed by atoms with van der Waals surface area (Å²) in [5, 5.41) is 10.4. The molecule has 3 aliphatic rings. The second-order valence-electron chi connectivity index (χ2n) is 9.22. The van der Waals surface area contributed by atoms with E-state index in [-0.39, 0.29) is 0 Å². The molecule has 0 spiro atoms. The second-order valence-corrected chi connectivity index (χ2v) is 10.1. The van der Waals surface area contributed by atoms with E-state index < -0.39 is 11.4 Å². The van der Waals surface area contributed by atoms with Crippen molar-refractivity contribution in [2.24, 2.45) is 10.3 Å². The van der Waals surface area contributed by atoms with Gasteiger partial charge in [0.15, 0.2) is 11.7 Å². The van der Waals surface area contributed by atoms with Gasteiger partial charge in [-0.25, -0.2) is 0 Å². The maximum absolute atomic E-state index is 6.15. The van der Waals surface area contributed by atoms with Crippen LogP contribution in [0.4, 0.5) is 11.4 Å². The molecule has 172 valence electrons. The minimum absolute atomic E-state index is 0.481. The van der Waals surface area contributed by atoms with Crippen molar-refractivity contribution in [3.63, 3.8) is 0 Å². The summed E-state index contributed by atoms with van der Waals surface area (Å²) in [5.74, 6) is 1.44. The highest BCUT2D eigenvalue weighted by molar-refractivity contribution is 6.31. The molecular formula is C26H22Cl2N4O2. The molecule has 6 nitrogen and oxygen atoms in total. The van der Waals surface area contributed by atoms with Crippen LogP contribution in [-0.4, -0.2) is 23.1 Å². The van der Waals surface area contributed by atoms with E-state index in [1.54, 1.807) is 0 Å². The van der Waals surface area contributed by atoms with E-state index in [9.17, 15) is 0 Å². The van der Waals surface area contributed by atoms with E-state index in [0.29, 0.717) is 16.5 Å². The van der Waals surface area contributed by atoms with Gasteiger partial charge in [0.05, 0.1) is 17.8 Å². The van der Waals surface area contributed by atoms with Crippen LogP contribution < -0.4 is 9.80 Å². The summed E-state index contributed by atoms with van der Waals surface area (Å²) < 4.78 is 0. The number of fused-ring (bicyclic) bond motifs is 5. The third-order valence-electron chi connectivity index (χ3n) is 6.50. The van der Waals surface area contributed by atoms with Crippen LogP contribution in [0.25, 0.3) is 0 Å². The number of oxime groups is 2. The molecule has 3 heterocycles. The van der Waals surface area contributed by atoms with Gasteiger partial charge in [-0.2, -0.15) is 0 Å². The maximum atomic E-state index is 6.15. The fourth-order valence-corrected chi connectivity index (χ4v) is 5.28. The molecular weight excluding hydrogens is 471 g/mol. The number of halogens is 2. The smallest absolute Gasteiger partial charge is 0.218 e. The zero-order valence-electron chi connectivity index (χ0n) is 18.9. The van der Waals surface area contributed by atoms with E-state index in [4.69, 9.17) is 32.9 Å². The first-order chi connectivity index (χ1) is 16.3. The molecule has 0 amide bonds. The van der Waals surface area contributed by atoms with Crippen LogP contribution in [0.15, 0.2) is 77.0 Å². The largest absolute Gasteiger partial charge is 0.365 e. The van der Waals surface area contributed by atoms with Crippen LogP contribution in [-0.2, 0) is 9.68 Å². The van der Waals surface area contributed by atoms with E-state index in [1.165, 1.54) is 0 Å². The van der Waals surface area contributed by atoms with Gasteiger partial charge in [-0.1, -0.05) is 39.6 Å². The third kappa shape index (κ3) is 3.16. The monoisotopic (exact) mass is 492 g/mol. The quantitative estimate of drug-likeness (QED) is 0.407. The summed E-state index contributed by atoms with van der Waals surface area (Å²) in [5.41, 5.74) is 3.27. The van der Waals surface area contributed by atoms with Gasteiger partial charge in [-0.15, -0.1) is 0 Å². The van der Waals surface area contributed by atoms with Crippen molar-refractivity contribution in [2.75, 3.05) is 9.80 Å². The molecule has 0 aliphatic carbocycles. The van der Waals surface area contributed by atoms with Crippen molar-refractivity contribution < 1.29 is 9.68 Å². The first-order valence-electron chi connectivity index (χ1n) is 11.0. The van der Waals surface area contributed by atoms with Crippen molar-refractivity contribution in [3.8, 4) is 0 Å². The predicted octanol–water partition coefficient (Wildman–Crippen LogP) is 6.53. The summed E-state index contributed by atoms with van der Waals surface area (Å²) in [7, 11) is 0. The molecule has 6 rings (SSSR count). The first-order valence-corrected chi connectivity index (χ1v) is 11.8. The molecule has 3 aliphatic heterocycles. The Hall–Kier alpha value is -3.22. The Morgan fingerprint density at radius 3 is 1.68 bits per heavy atom. The Morgan fingerprint density at radius 1 is 0.706 bits per heavy atom. The molecule has 0 radical (unpaired) electrons. The number of hydrogen-bond acceptors (Lipinski definition) is 6. The van der Waals surface area contributed by atoms with Crippen LogP contribution in [0, 0.1) is 6.92 Å².